The van der Waals surface area contributed by atoms with E-state index in [4.69, 9.17) is 14.2 Å². The molecule has 228 valence electrons. The first-order chi connectivity index (χ1) is 21.7. The van der Waals surface area contributed by atoms with Gasteiger partial charge in [-0.15, -0.1) is 0 Å². The number of hydrogen-bond acceptors (Lipinski definition) is 8. The van der Waals surface area contributed by atoms with Gasteiger partial charge in [-0.2, -0.15) is 0 Å². The summed E-state index contributed by atoms with van der Waals surface area (Å²) in [4.78, 5) is 28.3. The summed E-state index contributed by atoms with van der Waals surface area (Å²) in [5.74, 6) is 1.87. The van der Waals surface area contributed by atoms with Crippen molar-refractivity contribution >= 4 is 11.6 Å². The average Bonchev–Trinajstić information content (AvgIpc) is 3.07. The maximum Gasteiger partial charge on any atom is 0.236 e. The Labute approximate surface area is 259 Å². The van der Waals surface area contributed by atoms with Crippen molar-refractivity contribution in [1.29, 1.82) is 0 Å². The number of hydrogen-bond donors (Lipinski definition) is 0. The minimum atomic E-state index is 0.150. The molecule has 9 nitrogen and oxygen atoms in total. The Kier molecular flexibility index (Phi) is 9.64. The first kappa shape index (κ1) is 29.6. The second-order valence-corrected chi connectivity index (χ2v) is 11.2. The smallest absolute Gasteiger partial charge is 0.236 e. The summed E-state index contributed by atoms with van der Waals surface area (Å²) in [6, 6.07) is 22.9. The zero-order valence-corrected chi connectivity index (χ0v) is 25.2. The molecule has 4 aromatic rings. The molecule has 0 spiro atoms. The summed E-state index contributed by atoms with van der Waals surface area (Å²) in [5, 5.41) is 0. The monoisotopic (exact) mass is 593 g/mol. The summed E-state index contributed by atoms with van der Waals surface area (Å²) < 4.78 is 17.7. The number of ether oxygens (including phenoxy) is 3. The van der Waals surface area contributed by atoms with Crippen molar-refractivity contribution < 1.29 is 19.0 Å². The highest BCUT2D eigenvalue weighted by molar-refractivity contribution is 5.78. The molecule has 0 saturated carbocycles. The Morgan fingerprint density at radius 2 is 1.66 bits per heavy atom. The molecule has 0 unspecified atom stereocenters. The van der Waals surface area contributed by atoms with E-state index < -0.39 is 0 Å². The first-order valence-corrected chi connectivity index (χ1v) is 15.2. The van der Waals surface area contributed by atoms with Gasteiger partial charge in [-0.1, -0.05) is 42.5 Å². The van der Waals surface area contributed by atoms with E-state index in [1.54, 1.807) is 7.11 Å². The molecular weight excluding hydrogens is 554 g/mol. The fourth-order valence-corrected chi connectivity index (χ4v) is 5.90. The SMILES string of the molecule is COc1ccccc1N1CCN(C(=O)CN2CCOCCOc3ccc(-c4cncnc4)cc3Cc3cccc(c3)C2)CC1. The molecule has 1 amide bonds. The van der Waals surface area contributed by atoms with Crippen molar-refractivity contribution in [3.8, 4) is 22.6 Å². The van der Waals surface area contributed by atoms with Gasteiger partial charge in [0, 0.05) is 63.6 Å². The minimum absolute atomic E-state index is 0.150. The van der Waals surface area contributed by atoms with Gasteiger partial charge in [0.1, 0.15) is 24.4 Å². The summed E-state index contributed by atoms with van der Waals surface area (Å²) in [5.41, 5.74) is 6.55. The summed E-state index contributed by atoms with van der Waals surface area (Å²) in [6.45, 7) is 6.07. The predicted molar refractivity (Wildman–Crippen MR) is 170 cm³/mol. The molecule has 1 fully saturated rings. The van der Waals surface area contributed by atoms with Crippen molar-refractivity contribution in [2.75, 3.05) is 71.1 Å². The lowest BCUT2D eigenvalue weighted by Crippen LogP contribution is -2.51. The number of carbonyl (C=O) groups excluding carboxylic acids is 1. The molecule has 2 aliphatic rings. The van der Waals surface area contributed by atoms with Gasteiger partial charge >= 0.3 is 0 Å². The van der Waals surface area contributed by atoms with Crippen LogP contribution < -0.4 is 14.4 Å². The number of benzene rings is 3. The molecule has 3 heterocycles. The van der Waals surface area contributed by atoms with Crippen LogP contribution in [0, 0.1) is 0 Å². The van der Waals surface area contributed by atoms with Crippen molar-refractivity contribution in [3.63, 3.8) is 0 Å². The zero-order valence-electron chi connectivity index (χ0n) is 25.2. The van der Waals surface area contributed by atoms with Crippen molar-refractivity contribution in [2.45, 2.75) is 13.0 Å². The van der Waals surface area contributed by atoms with Gasteiger partial charge in [-0.25, -0.2) is 9.97 Å². The molecule has 0 radical (unpaired) electrons. The fourth-order valence-electron chi connectivity index (χ4n) is 5.90. The number of methoxy groups -OCH3 is 1. The molecule has 0 aliphatic carbocycles. The van der Waals surface area contributed by atoms with Gasteiger partial charge < -0.3 is 24.0 Å². The molecule has 9 heteroatoms. The highest BCUT2D eigenvalue weighted by atomic mass is 16.5. The normalized spacial score (nSPS) is 16.4. The number of carbonyl (C=O) groups is 1. The van der Waals surface area contributed by atoms with Gasteiger partial charge in [0.2, 0.25) is 5.91 Å². The number of amides is 1. The molecule has 2 aliphatic heterocycles. The third kappa shape index (κ3) is 7.35. The first-order valence-electron chi connectivity index (χ1n) is 15.2. The second kappa shape index (κ2) is 14.3. The maximum atomic E-state index is 13.5. The van der Waals surface area contributed by atoms with Crippen LogP contribution in [0.25, 0.3) is 11.1 Å². The van der Waals surface area contributed by atoms with Crippen LogP contribution in [-0.2, 0) is 22.5 Å². The number of para-hydroxylation sites is 2. The lowest BCUT2D eigenvalue weighted by atomic mass is 9.98. The van der Waals surface area contributed by atoms with E-state index in [2.05, 4.69) is 56.2 Å². The van der Waals surface area contributed by atoms with Crippen molar-refractivity contribution in [1.82, 2.24) is 19.8 Å². The number of piperazine rings is 1. The number of anilines is 1. The third-order valence-corrected chi connectivity index (χ3v) is 8.20. The topological polar surface area (TPSA) is 80.3 Å². The molecule has 3 aromatic carbocycles. The van der Waals surface area contributed by atoms with Gasteiger partial charge in [0.15, 0.2) is 0 Å². The van der Waals surface area contributed by atoms with E-state index in [0.717, 1.165) is 53.4 Å². The third-order valence-electron chi connectivity index (χ3n) is 8.20. The van der Waals surface area contributed by atoms with Crippen LogP contribution in [0.2, 0.25) is 0 Å². The van der Waals surface area contributed by atoms with Crippen LogP contribution in [-0.4, -0.2) is 91.9 Å². The van der Waals surface area contributed by atoms with Gasteiger partial charge in [-0.3, -0.25) is 9.69 Å². The summed E-state index contributed by atoms with van der Waals surface area (Å²) in [6.07, 6.45) is 5.91. The van der Waals surface area contributed by atoms with Crippen LogP contribution in [0.1, 0.15) is 16.7 Å². The minimum Gasteiger partial charge on any atom is -0.495 e. The second-order valence-electron chi connectivity index (χ2n) is 11.2. The molecule has 0 atom stereocenters. The molecular formula is C35H39N5O4. The van der Waals surface area contributed by atoms with E-state index in [-0.39, 0.29) is 5.91 Å². The molecule has 1 saturated heterocycles. The standard InChI is InChI=1S/C35H39N5O4/c1-42-34-8-3-2-7-32(34)39-11-13-40(14-12-39)35(41)25-38-15-16-43-17-18-44-33-10-9-29(31-22-36-26-37-23-31)21-30(33)20-27-5-4-6-28(19-27)24-38/h2-10,19,21-23,26H,11-18,20,24-25H2,1H3. The zero-order chi connectivity index (χ0) is 30.1. The fraction of sp³-hybridized carbons (Fsp3) is 0.343. The molecule has 2 bridgehead atoms. The molecule has 6 rings (SSSR count). The van der Waals surface area contributed by atoms with Crippen LogP contribution >= 0.6 is 0 Å². The lowest BCUT2D eigenvalue weighted by Gasteiger charge is -2.37. The highest BCUT2D eigenvalue weighted by Crippen LogP contribution is 2.30. The Morgan fingerprint density at radius 1 is 0.841 bits per heavy atom. The van der Waals surface area contributed by atoms with E-state index >= 15 is 0 Å². The van der Waals surface area contributed by atoms with E-state index in [0.29, 0.717) is 52.5 Å². The number of nitrogens with zero attached hydrogens (tertiary/aromatic N) is 5. The quantitative estimate of drug-likeness (QED) is 0.339. The predicted octanol–water partition coefficient (Wildman–Crippen LogP) is 4.30. The van der Waals surface area contributed by atoms with Gasteiger partial charge in [0.05, 0.1) is 32.6 Å². The van der Waals surface area contributed by atoms with Crippen molar-refractivity contribution in [3.05, 3.63) is 102 Å². The summed E-state index contributed by atoms with van der Waals surface area (Å²) in [7, 11) is 1.70. The van der Waals surface area contributed by atoms with E-state index in [1.165, 1.54) is 17.5 Å². The average molecular weight is 594 g/mol. The van der Waals surface area contributed by atoms with E-state index in [9.17, 15) is 4.79 Å². The maximum absolute atomic E-state index is 13.5. The number of aromatic nitrogens is 2. The van der Waals surface area contributed by atoms with Crippen LogP contribution in [0.3, 0.4) is 0 Å². The Bertz CT molecular complexity index is 1540. The number of fused-ring (bicyclic) bond motifs is 3. The van der Waals surface area contributed by atoms with Gasteiger partial charge in [-0.05, 0) is 46.5 Å². The molecule has 0 N–H and O–H groups in total. The highest BCUT2D eigenvalue weighted by Gasteiger charge is 2.24. The largest absolute Gasteiger partial charge is 0.495 e. The van der Waals surface area contributed by atoms with Crippen molar-refractivity contribution in [2.24, 2.45) is 0 Å². The number of rotatable bonds is 5. The lowest BCUT2D eigenvalue weighted by molar-refractivity contribution is -0.133. The Morgan fingerprint density at radius 3 is 2.50 bits per heavy atom. The summed E-state index contributed by atoms with van der Waals surface area (Å²) >= 11 is 0. The van der Waals surface area contributed by atoms with Crippen LogP contribution in [0.4, 0.5) is 5.69 Å². The molecule has 44 heavy (non-hydrogen) atoms. The van der Waals surface area contributed by atoms with Crippen LogP contribution in [0.5, 0.6) is 11.5 Å². The van der Waals surface area contributed by atoms with Gasteiger partial charge in [0.25, 0.3) is 0 Å². The van der Waals surface area contributed by atoms with Crippen LogP contribution in [0.15, 0.2) is 85.5 Å². The molecule has 1 aromatic heterocycles. The Balaban J connectivity index is 1.14. The van der Waals surface area contributed by atoms with E-state index in [1.807, 2.05) is 47.6 Å². The Hall–Kier alpha value is -4.47.